The Morgan fingerprint density at radius 2 is 1.92 bits per heavy atom. The van der Waals surface area contributed by atoms with E-state index in [-0.39, 0.29) is 23.8 Å². The van der Waals surface area contributed by atoms with E-state index in [0.29, 0.717) is 18.9 Å². The predicted octanol–water partition coefficient (Wildman–Crippen LogP) is 3.45. The van der Waals surface area contributed by atoms with E-state index >= 15 is 0 Å². The first-order valence-corrected chi connectivity index (χ1v) is 8.87. The molecule has 0 bridgehead atoms. The van der Waals surface area contributed by atoms with Crippen LogP contribution in [0.4, 0.5) is 0 Å². The third-order valence-electron chi connectivity index (χ3n) is 5.28. The minimum Gasteiger partial charge on any atom is -0.497 e. The van der Waals surface area contributed by atoms with Crippen LogP contribution in [0.1, 0.15) is 51.5 Å². The fourth-order valence-electron chi connectivity index (χ4n) is 3.51. The second-order valence-corrected chi connectivity index (χ2v) is 7.88. The Kier molecular flexibility index (Phi) is 6.27. The van der Waals surface area contributed by atoms with Crippen LogP contribution in [0.3, 0.4) is 0 Å². The number of nitrogens with zero attached hydrogens (tertiary/aromatic N) is 1. The van der Waals surface area contributed by atoms with Crippen molar-refractivity contribution in [3.63, 3.8) is 0 Å². The van der Waals surface area contributed by atoms with Crippen molar-refractivity contribution < 1.29 is 14.6 Å². The van der Waals surface area contributed by atoms with Crippen molar-refractivity contribution in [2.24, 2.45) is 11.3 Å². The molecule has 1 fully saturated rings. The molecule has 1 heterocycles. The van der Waals surface area contributed by atoms with Gasteiger partial charge in [0.1, 0.15) is 5.75 Å². The summed E-state index contributed by atoms with van der Waals surface area (Å²) in [5.74, 6) is 1.54. The number of aliphatic hydroxyl groups is 1. The summed E-state index contributed by atoms with van der Waals surface area (Å²) >= 11 is 0. The predicted molar refractivity (Wildman–Crippen MR) is 96.2 cm³/mol. The standard InChI is InChI=1S/C20H31NO3/c1-20(2,3)17-7-10-19(23)21(12-11-17)13-16(14-22)15-5-8-18(24-4)9-6-15/h5-6,8-9,16-17,22H,7,10-14H2,1-4H3/t16-,17+/m0/s1. The number of carbonyl (C=O) groups excluding carboxylic acids is 1. The Labute approximate surface area is 145 Å². The Hall–Kier alpha value is -1.55. The molecule has 4 heteroatoms. The lowest BCUT2D eigenvalue weighted by Gasteiger charge is -2.30. The topological polar surface area (TPSA) is 49.8 Å². The highest BCUT2D eigenvalue weighted by Crippen LogP contribution is 2.35. The fourth-order valence-corrected chi connectivity index (χ4v) is 3.51. The van der Waals surface area contributed by atoms with E-state index in [9.17, 15) is 9.90 Å². The first-order valence-electron chi connectivity index (χ1n) is 8.87. The molecule has 2 atom stereocenters. The van der Waals surface area contributed by atoms with Gasteiger partial charge in [0.25, 0.3) is 0 Å². The Morgan fingerprint density at radius 3 is 2.46 bits per heavy atom. The molecule has 1 saturated heterocycles. The minimum absolute atomic E-state index is 0.0405. The molecule has 24 heavy (non-hydrogen) atoms. The maximum Gasteiger partial charge on any atom is 0.222 e. The Morgan fingerprint density at radius 1 is 1.25 bits per heavy atom. The van der Waals surface area contributed by atoms with Gasteiger partial charge < -0.3 is 14.7 Å². The van der Waals surface area contributed by atoms with Crippen molar-refractivity contribution in [3.8, 4) is 5.75 Å². The van der Waals surface area contributed by atoms with E-state index in [0.717, 1.165) is 30.7 Å². The maximum atomic E-state index is 12.5. The van der Waals surface area contributed by atoms with E-state index in [1.165, 1.54) is 0 Å². The lowest BCUT2D eigenvalue weighted by atomic mass is 9.77. The average molecular weight is 333 g/mol. The summed E-state index contributed by atoms with van der Waals surface area (Å²) in [6.45, 7) is 8.17. The summed E-state index contributed by atoms with van der Waals surface area (Å²) in [5.41, 5.74) is 1.28. The molecular weight excluding hydrogens is 302 g/mol. The van der Waals surface area contributed by atoms with Crippen LogP contribution in [0, 0.1) is 11.3 Å². The van der Waals surface area contributed by atoms with Gasteiger partial charge in [-0.15, -0.1) is 0 Å². The molecule has 0 unspecified atom stereocenters. The molecule has 1 N–H and O–H groups in total. The quantitative estimate of drug-likeness (QED) is 0.898. The van der Waals surface area contributed by atoms with Gasteiger partial charge in [0.05, 0.1) is 13.7 Å². The van der Waals surface area contributed by atoms with E-state index in [1.807, 2.05) is 29.2 Å². The Bertz CT molecular complexity index is 533. The molecule has 1 aliphatic heterocycles. The SMILES string of the molecule is COc1ccc([C@H](CO)CN2CC[C@H](C(C)(C)C)CCC2=O)cc1. The number of methoxy groups -OCH3 is 1. The number of hydrogen-bond acceptors (Lipinski definition) is 3. The van der Waals surface area contributed by atoms with Crippen LogP contribution in [-0.2, 0) is 4.79 Å². The van der Waals surface area contributed by atoms with Gasteiger partial charge in [-0.05, 0) is 41.9 Å². The lowest BCUT2D eigenvalue weighted by molar-refractivity contribution is -0.131. The molecule has 1 amide bonds. The van der Waals surface area contributed by atoms with E-state index in [2.05, 4.69) is 20.8 Å². The number of carbonyl (C=O) groups is 1. The van der Waals surface area contributed by atoms with Gasteiger partial charge in [0, 0.05) is 25.4 Å². The number of likely N-dealkylation sites (tertiary alicyclic amines) is 1. The first-order chi connectivity index (χ1) is 11.3. The zero-order valence-corrected chi connectivity index (χ0v) is 15.4. The van der Waals surface area contributed by atoms with Crippen molar-refractivity contribution in [3.05, 3.63) is 29.8 Å². The van der Waals surface area contributed by atoms with Crippen LogP contribution < -0.4 is 4.74 Å². The molecule has 0 saturated carbocycles. The molecular formula is C20H31NO3. The molecule has 134 valence electrons. The van der Waals surface area contributed by atoms with E-state index in [4.69, 9.17) is 4.74 Å². The van der Waals surface area contributed by atoms with Crippen molar-refractivity contribution in [1.82, 2.24) is 4.90 Å². The number of hydrogen-bond donors (Lipinski definition) is 1. The summed E-state index contributed by atoms with van der Waals surface area (Å²) in [6.07, 6.45) is 2.61. The molecule has 0 radical (unpaired) electrons. The highest BCUT2D eigenvalue weighted by molar-refractivity contribution is 5.76. The average Bonchev–Trinajstić information content (AvgIpc) is 2.74. The highest BCUT2D eigenvalue weighted by atomic mass is 16.5. The smallest absolute Gasteiger partial charge is 0.222 e. The molecule has 2 rings (SSSR count). The van der Waals surface area contributed by atoms with Crippen LogP contribution in [0.15, 0.2) is 24.3 Å². The van der Waals surface area contributed by atoms with Crippen molar-refractivity contribution in [2.75, 3.05) is 26.8 Å². The summed E-state index contributed by atoms with van der Waals surface area (Å²) in [7, 11) is 1.64. The minimum atomic E-state index is -0.0500. The molecule has 4 nitrogen and oxygen atoms in total. The summed E-state index contributed by atoms with van der Waals surface area (Å²) in [5, 5.41) is 9.81. The lowest BCUT2D eigenvalue weighted by Crippen LogP contribution is -2.35. The number of benzene rings is 1. The summed E-state index contributed by atoms with van der Waals surface area (Å²) in [6, 6.07) is 7.75. The molecule has 1 aromatic rings. The normalized spacial score (nSPS) is 20.6. The van der Waals surface area contributed by atoms with Crippen molar-refractivity contribution >= 4 is 5.91 Å². The third-order valence-corrected chi connectivity index (χ3v) is 5.28. The third kappa shape index (κ3) is 4.73. The fraction of sp³-hybridized carbons (Fsp3) is 0.650. The van der Waals surface area contributed by atoms with Crippen LogP contribution in [0.25, 0.3) is 0 Å². The summed E-state index contributed by atoms with van der Waals surface area (Å²) in [4.78, 5) is 14.4. The van der Waals surface area contributed by atoms with Crippen LogP contribution >= 0.6 is 0 Å². The molecule has 1 aromatic carbocycles. The van der Waals surface area contributed by atoms with Gasteiger partial charge >= 0.3 is 0 Å². The van der Waals surface area contributed by atoms with Crippen LogP contribution in [0.2, 0.25) is 0 Å². The maximum absolute atomic E-state index is 12.5. The number of amides is 1. The molecule has 0 spiro atoms. The van der Waals surface area contributed by atoms with Crippen LogP contribution in [-0.4, -0.2) is 42.7 Å². The number of aliphatic hydroxyl groups excluding tert-OH is 1. The van der Waals surface area contributed by atoms with Gasteiger partial charge in [-0.1, -0.05) is 32.9 Å². The largest absolute Gasteiger partial charge is 0.497 e. The van der Waals surface area contributed by atoms with Crippen LogP contribution in [0.5, 0.6) is 5.75 Å². The summed E-state index contributed by atoms with van der Waals surface area (Å²) < 4.78 is 5.18. The van der Waals surface area contributed by atoms with Gasteiger partial charge in [-0.3, -0.25) is 4.79 Å². The van der Waals surface area contributed by atoms with Crippen molar-refractivity contribution in [2.45, 2.75) is 46.0 Å². The van der Waals surface area contributed by atoms with E-state index < -0.39 is 0 Å². The second kappa shape index (κ2) is 8.02. The first kappa shape index (κ1) is 18.8. The monoisotopic (exact) mass is 333 g/mol. The highest BCUT2D eigenvalue weighted by Gasteiger charge is 2.30. The van der Waals surface area contributed by atoms with Gasteiger partial charge in [-0.25, -0.2) is 0 Å². The molecule has 0 aliphatic carbocycles. The van der Waals surface area contributed by atoms with Crippen molar-refractivity contribution in [1.29, 1.82) is 0 Å². The zero-order chi connectivity index (χ0) is 17.7. The number of rotatable bonds is 5. The van der Waals surface area contributed by atoms with E-state index in [1.54, 1.807) is 7.11 Å². The number of ether oxygens (including phenoxy) is 1. The van der Waals surface area contributed by atoms with Gasteiger partial charge in [0.15, 0.2) is 0 Å². The molecule has 1 aliphatic rings. The van der Waals surface area contributed by atoms with Gasteiger partial charge in [-0.2, -0.15) is 0 Å². The second-order valence-electron chi connectivity index (χ2n) is 7.88. The van der Waals surface area contributed by atoms with Gasteiger partial charge in [0.2, 0.25) is 5.91 Å². The Balaban J connectivity index is 2.05. The zero-order valence-electron chi connectivity index (χ0n) is 15.4. The molecule has 0 aromatic heterocycles.